The second kappa shape index (κ2) is 7.18. The normalized spacial score (nSPS) is 12.4. The lowest BCUT2D eigenvalue weighted by molar-refractivity contribution is 0.535. The molecule has 1 aromatic carbocycles. The summed E-state index contributed by atoms with van der Waals surface area (Å²) in [5.41, 5.74) is 6.58. The molecule has 0 aliphatic heterocycles. The second-order valence-corrected chi connectivity index (χ2v) is 4.05. The van der Waals surface area contributed by atoms with E-state index in [1.54, 1.807) is 12.1 Å². The van der Waals surface area contributed by atoms with Crippen LogP contribution in [0.3, 0.4) is 0 Å². The van der Waals surface area contributed by atoms with E-state index < -0.39 is 0 Å². The minimum atomic E-state index is -0.193. The van der Waals surface area contributed by atoms with Crippen molar-refractivity contribution in [2.75, 3.05) is 0 Å². The zero-order valence-electron chi connectivity index (χ0n) is 9.66. The van der Waals surface area contributed by atoms with Crippen LogP contribution in [0.5, 0.6) is 0 Å². The molecule has 1 rings (SSSR count). The predicted molar refractivity (Wildman–Crippen MR) is 66.6 cm³/mol. The van der Waals surface area contributed by atoms with E-state index in [4.69, 9.17) is 5.73 Å². The Morgan fingerprint density at radius 3 is 2.69 bits per heavy atom. The van der Waals surface area contributed by atoms with Gasteiger partial charge < -0.3 is 5.73 Å². The van der Waals surface area contributed by atoms with Crippen molar-refractivity contribution in [3.05, 3.63) is 48.3 Å². The predicted octanol–water partition coefficient (Wildman–Crippen LogP) is 3.96. The molecular weight excluding hydrogens is 201 g/mol. The molecule has 0 heterocycles. The highest BCUT2D eigenvalue weighted by Gasteiger charge is 2.09. The van der Waals surface area contributed by atoms with Crippen LogP contribution in [0, 0.1) is 5.82 Å². The van der Waals surface area contributed by atoms with Crippen LogP contribution < -0.4 is 5.73 Å². The molecule has 0 aliphatic rings. The first-order valence-electron chi connectivity index (χ1n) is 5.86. The van der Waals surface area contributed by atoms with Crippen LogP contribution in [0.2, 0.25) is 0 Å². The first-order valence-corrected chi connectivity index (χ1v) is 5.86. The van der Waals surface area contributed by atoms with Gasteiger partial charge in [-0.1, -0.05) is 37.1 Å². The Morgan fingerprint density at radius 1 is 1.25 bits per heavy atom. The maximum absolute atomic E-state index is 13.4. The lowest BCUT2D eigenvalue weighted by atomic mass is 10.0. The van der Waals surface area contributed by atoms with Gasteiger partial charge in [-0.05, 0) is 25.3 Å². The summed E-state index contributed by atoms with van der Waals surface area (Å²) in [5, 5.41) is 0. The Morgan fingerprint density at radius 2 is 2.00 bits per heavy atom. The average molecular weight is 221 g/mol. The molecule has 0 spiro atoms. The van der Waals surface area contributed by atoms with Gasteiger partial charge in [0.1, 0.15) is 5.82 Å². The quantitative estimate of drug-likeness (QED) is 0.547. The fourth-order valence-electron chi connectivity index (χ4n) is 1.76. The number of nitrogens with two attached hydrogens (primary N) is 1. The van der Waals surface area contributed by atoms with Crippen LogP contribution >= 0.6 is 0 Å². The van der Waals surface area contributed by atoms with Gasteiger partial charge in [0, 0.05) is 11.6 Å². The van der Waals surface area contributed by atoms with Crippen molar-refractivity contribution >= 4 is 0 Å². The third kappa shape index (κ3) is 4.15. The Kier molecular flexibility index (Phi) is 5.79. The van der Waals surface area contributed by atoms with Crippen molar-refractivity contribution in [2.24, 2.45) is 5.73 Å². The van der Waals surface area contributed by atoms with Crippen LogP contribution in [0.25, 0.3) is 0 Å². The number of unbranched alkanes of at least 4 members (excludes halogenated alkanes) is 3. The van der Waals surface area contributed by atoms with Gasteiger partial charge in [0.05, 0.1) is 0 Å². The largest absolute Gasteiger partial charge is 0.324 e. The molecule has 88 valence electrons. The van der Waals surface area contributed by atoms with E-state index in [9.17, 15) is 4.39 Å². The average Bonchev–Trinajstić information content (AvgIpc) is 2.29. The molecule has 1 atom stereocenters. The molecule has 0 amide bonds. The number of benzene rings is 1. The summed E-state index contributed by atoms with van der Waals surface area (Å²) in [7, 11) is 0. The zero-order valence-corrected chi connectivity index (χ0v) is 9.66. The first kappa shape index (κ1) is 12.9. The molecule has 0 saturated carbocycles. The van der Waals surface area contributed by atoms with Crippen LogP contribution in [-0.2, 0) is 0 Å². The van der Waals surface area contributed by atoms with Crippen molar-refractivity contribution in [1.29, 1.82) is 0 Å². The molecule has 0 fully saturated rings. The van der Waals surface area contributed by atoms with Gasteiger partial charge in [-0.15, -0.1) is 6.58 Å². The van der Waals surface area contributed by atoms with E-state index in [0.717, 1.165) is 32.1 Å². The van der Waals surface area contributed by atoms with E-state index >= 15 is 0 Å². The Labute approximate surface area is 97.2 Å². The Hall–Kier alpha value is -1.15. The lowest BCUT2D eigenvalue weighted by Crippen LogP contribution is -2.11. The molecule has 0 aliphatic carbocycles. The summed E-state index contributed by atoms with van der Waals surface area (Å²) in [6, 6.07) is 6.58. The molecule has 2 heteroatoms. The van der Waals surface area contributed by atoms with Gasteiger partial charge in [-0.2, -0.15) is 0 Å². The highest BCUT2D eigenvalue weighted by atomic mass is 19.1. The SMILES string of the molecule is C=CCCCCCC(N)c1ccccc1F. The van der Waals surface area contributed by atoms with Gasteiger partial charge in [-0.25, -0.2) is 4.39 Å². The summed E-state index contributed by atoms with van der Waals surface area (Å²) in [6.07, 6.45) is 7.15. The monoisotopic (exact) mass is 221 g/mol. The molecule has 0 aromatic heterocycles. The van der Waals surface area contributed by atoms with Gasteiger partial charge in [0.2, 0.25) is 0 Å². The van der Waals surface area contributed by atoms with Crippen molar-refractivity contribution in [1.82, 2.24) is 0 Å². The molecule has 1 aromatic rings. The highest BCUT2D eigenvalue weighted by molar-refractivity contribution is 5.20. The van der Waals surface area contributed by atoms with Crippen molar-refractivity contribution in [3.8, 4) is 0 Å². The summed E-state index contributed by atoms with van der Waals surface area (Å²) in [5.74, 6) is -0.193. The van der Waals surface area contributed by atoms with Gasteiger partial charge in [0.25, 0.3) is 0 Å². The van der Waals surface area contributed by atoms with Crippen molar-refractivity contribution in [3.63, 3.8) is 0 Å². The Balaban J connectivity index is 2.32. The standard InChI is InChI=1S/C14H20FN/c1-2-3-4-5-6-11-14(16)12-9-7-8-10-13(12)15/h2,7-10,14H,1,3-6,11,16H2. The highest BCUT2D eigenvalue weighted by Crippen LogP contribution is 2.20. The Bertz CT molecular complexity index is 322. The van der Waals surface area contributed by atoms with E-state index in [0.29, 0.717) is 5.56 Å². The number of allylic oxidation sites excluding steroid dienone is 1. The lowest BCUT2D eigenvalue weighted by Gasteiger charge is -2.12. The summed E-state index contributed by atoms with van der Waals surface area (Å²) in [4.78, 5) is 0. The first-order chi connectivity index (χ1) is 7.75. The molecule has 16 heavy (non-hydrogen) atoms. The van der Waals surface area contributed by atoms with Gasteiger partial charge in [0.15, 0.2) is 0 Å². The molecule has 2 N–H and O–H groups in total. The third-order valence-electron chi connectivity index (χ3n) is 2.73. The van der Waals surface area contributed by atoms with Crippen molar-refractivity contribution < 1.29 is 4.39 Å². The summed E-state index contributed by atoms with van der Waals surface area (Å²) < 4.78 is 13.4. The summed E-state index contributed by atoms with van der Waals surface area (Å²) in [6.45, 7) is 3.68. The van der Waals surface area contributed by atoms with Crippen LogP contribution in [0.1, 0.15) is 43.7 Å². The maximum Gasteiger partial charge on any atom is 0.127 e. The van der Waals surface area contributed by atoms with E-state index in [-0.39, 0.29) is 11.9 Å². The number of hydrogen-bond acceptors (Lipinski definition) is 1. The zero-order chi connectivity index (χ0) is 11.8. The molecule has 0 saturated heterocycles. The fourth-order valence-corrected chi connectivity index (χ4v) is 1.76. The topological polar surface area (TPSA) is 26.0 Å². The van der Waals surface area contributed by atoms with E-state index in [1.165, 1.54) is 6.07 Å². The smallest absolute Gasteiger partial charge is 0.127 e. The van der Waals surface area contributed by atoms with E-state index in [1.807, 2.05) is 12.1 Å². The minimum Gasteiger partial charge on any atom is -0.324 e. The number of halogens is 1. The van der Waals surface area contributed by atoms with Gasteiger partial charge in [-0.3, -0.25) is 0 Å². The maximum atomic E-state index is 13.4. The number of rotatable bonds is 7. The minimum absolute atomic E-state index is 0.176. The van der Waals surface area contributed by atoms with E-state index in [2.05, 4.69) is 6.58 Å². The molecule has 0 radical (unpaired) electrons. The van der Waals surface area contributed by atoms with Crippen molar-refractivity contribution in [2.45, 2.75) is 38.1 Å². The molecular formula is C14H20FN. The van der Waals surface area contributed by atoms with Gasteiger partial charge >= 0.3 is 0 Å². The summed E-state index contributed by atoms with van der Waals surface area (Å²) >= 11 is 0. The van der Waals surface area contributed by atoms with Crippen LogP contribution in [-0.4, -0.2) is 0 Å². The molecule has 0 bridgehead atoms. The van der Waals surface area contributed by atoms with Crippen LogP contribution in [0.4, 0.5) is 4.39 Å². The second-order valence-electron chi connectivity index (χ2n) is 4.05. The fraction of sp³-hybridized carbons (Fsp3) is 0.429. The number of hydrogen-bond donors (Lipinski definition) is 1. The molecule has 1 nitrogen and oxygen atoms in total. The molecule has 1 unspecified atom stereocenters. The van der Waals surface area contributed by atoms with Crippen LogP contribution in [0.15, 0.2) is 36.9 Å². The third-order valence-corrected chi connectivity index (χ3v) is 2.73.